The van der Waals surface area contributed by atoms with E-state index in [-0.39, 0.29) is 5.35 Å². The molecule has 0 N–H and O–H groups in total. The third kappa shape index (κ3) is 2.58. The summed E-state index contributed by atoms with van der Waals surface area (Å²) in [5.41, 5.74) is 0. The molecule has 1 atom stereocenters. The van der Waals surface area contributed by atoms with Gasteiger partial charge in [0.1, 0.15) is 0 Å². The second-order valence-corrected chi connectivity index (χ2v) is 6.64. The predicted octanol–water partition coefficient (Wildman–Crippen LogP) is 1.32. The Morgan fingerprint density at radius 3 is 2.07 bits per heavy atom. The minimum Gasteiger partial charge on any atom is -0.365 e. The lowest BCUT2D eigenvalue weighted by Gasteiger charge is -2.48. The van der Waals surface area contributed by atoms with Crippen molar-refractivity contribution in [3.05, 3.63) is 0 Å². The Balaban J connectivity index is 2.74. The molecule has 1 unspecified atom stereocenters. The van der Waals surface area contributed by atoms with Crippen molar-refractivity contribution in [1.82, 2.24) is 4.90 Å². The number of rotatable bonds is 3. The van der Waals surface area contributed by atoms with Crippen molar-refractivity contribution in [2.24, 2.45) is 0 Å². The molecular weight excluding hydrogens is 190 g/mol. The van der Waals surface area contributed by atoms with Crippen LogP contribution in [0.1, 0.15) is 47.0 Å². The van der Waals surface area contributed by atoms with Crippen LogP contribution in [0.4, 0.5) is 0 Å². The van der Waals surface area contributed by atoms with E-state index < -0.39 is 0 Å². The molecule has 14 heavy (non-hydrogen) atoms. The molecule has 0 aromatic rings. The van der Waals surface area contributed by atoms with Gasteiger partial charge in [0.2, 0.25) is 0 Å². The van der Waals surface area contributed by atoms with Crippen LogP contribution in [0, 0.1) is 0 Å². The zero-order chi connectivity index (χ0) is 10.8. The zero-order valence-electron chi connectivity index (χ0n) is 10.3. The summed E-state index contributed by atoms with van der Waals surface area (Å²) in [6.45, 7) is 10.1. The molecule has 0 radical (unpaired) electrons. The first-order valence-electron chi connectivity index (χ1n) is 5.90. The van der Waals surface area contributed by atoms with Gasteiger partial charge in [0, 0.05) is 18.7 Å². The summed E-state index contributed by atoms with van der Waals surface area (Å²) in [5.74, 6) is 0. The Labute approximate surface area is 91.4 Å². The molecule has 1 heterocycles. The molecule has 1 fully saturated rings. The summed E-state index contributed by atoms with van der Waals surface area (Å²) < 4.78 is 6.04. The van der Waals surface area contributed by atoms with Gasteiger partial charge in [-0.05, 0) is 47.0 Å². The van der Waals surface area contributed by atoms with Crippen LogP contribution in [0.2, 0.25) is 0 Å². The SMILES string of the molecule is CC(C)N(C(C)C)C1([SiH3])CCCCO1. The number of hydrogen-bond donors (Lipinski definition) is 0. The first-order chi connectivity index (χ1) is 6.47. The zero-order valence-corrected chi connectivity index (χ0v) is 12.3. The average Bonchev–Trinajstić information content (AvgIpc) is 2.02. The van der Waals surface area contributed by atoms with E-state index in [1.807, 2.05) is 0 Å². The van der Waals surface area contributed by atoms with Crippen LogP contribution in [0.5, 0.6) is 0 Å². The maximum atomic E-state index is 6.04. The van der Waals surface area contributed by atoms with Crippen molar-refractivity contribution < 1.29 is 4.74 Å². The molecule has 0 saturated carbocycles. The molecule has 1 rings (SSSR count). The van der Waals surface area contributed by atoms with E-state index in [2.05, 4.69) is 32.6 Å². The number of hydrogen-bond acceptors (Lipinski definition) is 2. The third-order valence-electron chi connectivity index (χ3n) is 3.11. The fourth-order valence-corrected chi connectivity index (χ4v) is 4.40. The Morgan fingerprint density at radius 1 is 1.14 bits per heavy atom. The second kappa shape index (κ2) is 4.77. The first-order valence-corrected chi connectivity index (χ1v) is 6.90. The third-order valence-corrected chi connectivity index (χ3v) is 4.41. The van der Waals surface area contributed by atoms with Crippen LogP contribution < -0.4 is 0 Å². The lowest BCUT2D eigenvalue weighted by molar-refractivity contribution is -0.144. The molecule has 84 valence electrons. The highest BCUT2D eigenvalue weighted by atomic mass is 28.1. The monoisotopic (exact) mass is 215 g/mol. The highest BCUT2D eigenvalue weighted by Gasteiger charge is 2.37. The van der Waals surface area contributed by atoms with Crippen molar-refractivity contribution in [3.63, 3.8) is 0 Å². The minimum atomic E-state index is 0.112. The average molecular weight is 215 g/mol. The molecule has 0 aromatic heterocycles. The fraction of sp³-hybridized carbons (Fsp3) is 1.00. The lowest BCUT2D eigenvalue weighted by atomic mass is 10.1. The summed E-state index contributed by atoms with van der Waals surface area (Å²) in [7, 11) is 1.11. The Hall–Kier alpha value is 0.137. The number of ether oxygens (including phenoxy) is 1. The van der Waals surface area contributed by atoms with Crippen molar-refractivity contribution in [2.45, 2.75) is 64.4 Å². The van der Waals surface area contributed by atoms with Gasteiger partial charge in [-0.3, -0.25) is 4.90 Å². The van der Waals surface area contributed by atoms with Gasteiger partial charge in [-0.15, -0.1) is 0 Å². The summed E-state index contributed by atoms with van der Waals surface area (Å²) in [4.78, 5) is 2.55. The summed E-state index contributed by atoms with van der Waals surface area (Å²) >= 11 is 0. The molecule has 1 aliphatic heterocycles. The van der Waals surface area contributed by atoms with Gasteiger partial charge in [0.05, 0.1) is 15.6 Å². The van der Waals surface area contributed by atoms with E-state index in [1.54, 1.807) is 0 Å². The topological polar surface area (TPSA) is 12.5 Å². The van der Waals surface area contributed by atoms with Crippen LogP contribution >= 0.6 is 0 Å². The second-order valence-electron chi connectivity index (χ2n) is 5.08. The molecule has 0 spiro atoms. The van der Waals surface area contributed by atoms with E-state index in [0.717, 1.165) is 16.8 Å². The van der Waals surface area contributed by atoms with Gasteiger partial charge in [-0.2, -0.15) is 0 Å². The van der Waals surface area contributed by atoms with Crippen molar-refractivity contribution >= 4 is 10.2 Å². The van der Waals surface area contributed by atoms with Gasteiger partial charge in [-0.1, -0.05) is 0 Å². The molecule has 0 bridgehead atoms. The molecular formula is C11H25NOSi. The highest BCUT2D eigenvalue weighted by molar-refractivity contribution is 6.14. The van der Waals surface area contributed by atoms with E-state index in [0.29, 0.717) is 12.1 Å². The lowest BCUT2D eigenvalue weighted by Crippen LogP contribution is -2.58. The van der Waals surface area contributed by atoms with Gasteiger partial charge in [0.25, 0.3) is 0 Å². The van der Waals surface area contributed by atoms with Crippen LogP contribution in [-0.4, -0.2) is 39.2 Å². The Bertz CT molecular complexity index is 168. The maximum Gasteiger partial charge on any atom is 0.0974 e. The molecule has 0 amide bonds. The fourth-order valence-electron chi connectivity index (χ4n) is 2.81. The molecule has 2 nitrogen and oxygen atoms in total. The van der Waals surface area contributed by atoms with E-state index in [9.17, 15) is 0 Å². The van der Waals surface area contributed by atoms with Gasteiger partial charge >= 0.3 is 0 Å². The predicted molar refractivity (Wildman–Crippen MR) is 64.6 cm³/mol. The molecule has 1 aliphatic rings. The van der Waals surface area contributed by atoms with E-state index in [4.69, 9.17) is 4.74 Å². The normalized spacial score (nSPS) is 29.4. The number of nitrogens with zero attached hydrogens (tertiary/aromatic N) is 1. The van der Waals surface area contributed by atoms with Gasteiger partial charge < -0.3 is 4.74 Å². The highest BCUT2D eigenvalue weighted by Crippen LogP contribution is 2.29. The van der Waals surface area contributed by atoms with Crippen molar-refractivity contribution in [1.29, 1.82) is 0 Å². The largest absolute Gasteiger partial charge is 0.365 e. The molecule has 0 aromatic carbocycles. The maximum absolute atomic E-state index is 6.04. The van der Waals surface area contributed by atoms with Gasteiger partial charge in [0.15, 0.2) is 0 Å². The smallest absolute Gasteiger partial charge is 0.0974 e. The quantitative estimate of drug-likeness (QED) is 0.659. The summed E-state index contributed by atoms with van der Waals surface area (Å²) in [6, 6.07) is 1.18. The first kappa shape index (κ1) is 12.2. The van der Waals surface area contributed by atoms with Gasteiger partial charge in [-0.25, -0.2) is 0 Å². The summed E-state index contributed by atoms with van der Waals surface area (Å²) in [6.07, 6.45) is 3.81. The van der Waals surface area contributed by atoms with E-state index in [1.165, 1.54) is 19.3 Å². The van der Waals surface area contributed by atoms with Crippen LogP contribution in [0.3, 0.4) is 0 Å². The molecule has 1 saturated heterocycles. The van der Waals surface area contributed by atoms with Crippen molar-refractivity contribution in [3.8, 4) is 0 Å². The van der Waals surface area contributed by atoms with Crippen molar-refractivity contribution in [2.75, 3.05) is 6.61 Å². The Morgan fingerprint density at radius 2 is 1.71 bits per heavy atom. The van der Waals surface area contributed by atoms with Crippen LogP contribution in [0.25, 0.3) is 0 Å². The van der Waals surface area contributed by atoms with Crippen LogP contribution in [-0.2, 0) is 4.74 Å². The van der Waals surface area contributed by atoms with E-state index >= 15 is 0 Å². The molecule has 0 aliphatic carbocycles. The summed E-state index contributed by atoms with van der Waals surface area (Å²) in [5, 5.41) is 0.112. The standard InChI is InChI=1S/C11H25NOSi/c1-9(2)12(10(3)4)11(14)7-5-6-8-13-11/h9-10H,5-8H2,1-4,14H3. The Kier molecular flexibility index (Phi) is 4.16. The molecule has 3 heteroatoms. The minimum absolute atomic E-state index is 0.112. The van der Waals surface area contributed by atoms with Crippen LogP contribution in [0.15, 0.2) is 0 Å².